The highest BCUT2D eigenvalue weighted by Gasteiger charge is 2.11. The summed E-state index contributed by atoms with van der Waals surface area (Å²) in [6.45, 7) is -0.692. The summed E-state index contributed by atoms with van der Waals surface area (Å²) in [5, 5.41) is 0. The number of halogens is 3. The fraction of sp³-hybridized carbons (Fsp3) is 0.250. The first-order chi connectivity index (χ1) is 5.66. The van der Waals surface area contributed by atoms with Gasteiger partial charge in [-0.3, -0.25) is 0 Å². The predicted octanol–water partition coefficient (Wildman–Crippen LogP) is 2.56. The van der Waals surface area contributed by atoms with Crippen molar-refractivity contribution in [2.45, 2.75) is 6.04 Å². The van der Waals surface area contributed by atoms with Crippen molar-refractivity contribution < 1.29 is 8.78 Å². The zero-order valence-corrected chi connectivity index (χ0v) is 7.81. The fourth-order valence-electron chi connectivity index (χ4n) is 0.890. The molecule has 0 aliphatic rings. The van der Waals surface area contributed by atoms with E-state index in [2.05, 4.69) is 15.9 Å². The Morgan fingerprint density at radius 1 is 1.50 bits per heavy atom. The van der Waals surface area contributed by atoms with Crippen LogP contribution in [0.4, 0.5) is 8.78 Å². The Labute approximate surface area is 77.7 Å². The van der Waals surface area contributed by atoms with Gasteiger partial charge in [0, 0.05) is 0 Å². The van der Waals surface area contributed by atoms with Gasteiger partial charge in [0.05, 0.1) is 10.5 Å². The maximum Gasteiger partial charge on any atom is 0.137 e. The van der Waals surface area contributed by atoms with Crippen LogP contribution in [0.1, 0.15) is 11.6 Å². The molecule has 1 nitrogen and oxygen atoms in total. The van der Waals surface area contributed by atoms with E-state index < -0.39 is 18.5 Å². The number of hydrogen-bond donors (Lipinski definition) is 1. The van der Waals surface area contributed by atoms with Crippen molar-refractivity contribution in [2.75, 3.05) is 6.67 Å². The Bertz CT molecular complexity index is 278. The SMILES string of the molecule is N[C@H](CF)c1cccc(F)c1Br. The van der Waals surface area contributed by atoms with Gasteiger partial charge in [0.15, 0.2) is 0 Å². The molecule has 1 atom stereocenters. The maximum atomic E-state index is 12.9. The van der Waals surface area contributed by atoms with Crippen molar-refractivity contribution in [1.82, 2.24) is 0 Å². The Morgan fingerprint density at radius 3 is 2.75 bits per heavy atom. The molecular weight excluding hydrogens is 228 g/mol. The second-order valence-electron chi connectivity index (χ2n) is 2.40. The zero-order valence-electron chi connectivity index (χ0n) is 6.23. The summed E-state index contributed by atoms with van der Waals surface area (Å²) in [6, 6.07) is 3.64. The molecule has 0 heterocycles. The molecular formula is C8H8BrF2N. The van der Waals surface area contributed by atoms with Gasteiger partial charge >= 0.3 is 0 Å². The monoisotopic (exact) mass is 235 g/mol. The topological polar surface area (TPSA) is 26.0 Å². The first-order valence-electron chi connectivity index (χ1n) is 3.42. The number of alkyl halides is 1. The number of hydrogen-bond acceptors (Lipinski definition) is 1. The van der Waals surface area contributed by atoms with E-state index >= 15 is 0 Å². The molecule has 4 heteroatoms. The average Bonchev–Trinajstić information content (AvgIpc) is 2.08. The molecule has 0 bridgehead atoms. The predicted molar refractivity (Wildman–Crippen MR) is 47.0 cm³/mol. The molecule has 0 saturated heterocycles. The molecule has 1 aromatic carbocycles. The minimum absolute atomic E-state index is 0.246. The van der Waals surface area contributed by atoms with Crippen molar-refractivity contribution >= 4 is 15.9 Å². The zero-order chi connectivity index (χ0) is 9.14. The Balaban J connectivity index is 3.07. The summed E-state index contributed by atoms with van der Waals surface area (Å²) in [4.78, 5) is 0. The highest BCUT2D eigenvalue weighted by Crippen LogP contribution is 2.24. The molecule has 12 heavy (non-hydrogen) atoms. The van der Waals surface area contributed by atoms with Gasteiger partial charge < -0.3 is 5.73 Å². The van der Waals surface area contributed by atoms with E-state index in [1.807, 2.05) is 0 Å². The van der Waals surface area contributed by atoms with Gasteiger partial charge in [-0.2, -0.15) is 0 Å². The van der Waals surface area contributed by atoms with Crippen LogP contribution < -0.4 is 5.73 Å². The second kappa shape index (κ2) is 3.96. The Morgan fingerprint density at radius 2 is 2.17 bits per heavy atom. The van der Waals surface area contributed by atoms with Crippen molar-refractivity contribution in [3.63, 3.8) is 0 Å². The molecule has 0 aromatic heterocycles. The molecule has 0 spiro atoms. The summed E-state index contributed by atoms with van der Waals surface area (Å²) in [5.74, 6) is -0.420. The van der Waals surface area contributed by atoms with Crippen LogP contribution in [-0.2, 0) is 0 Å². The van der Waals surface area contributed by atoms with E-state index in [4.69, 9.17) is 5.73 Å². The Hall–Kier alpha value is -0.480. The van der Waals surface area contributed by atoms with Crippen molar-refractivity contribution in [2.24, 2.45) is 5.73 Å². The van der Waals surface area contributed by atoms with Crippen molar-refractivity contribution in [3.8, 4) is 0 Å². The first kappa shape index (κ1) is 9.61. The van der Waals surface area contributed by atoms with Crippen LogP contribution in [0.25, 0.3) is 0 Å². The number of benzene rings is 1. The van der Waals surface area contributed by atoms with E-state index in [1.165, 1.54) is 12.1 Å². The van der Waals surface area contributed by atoms with E-state index in [-0.39, 0.29) is 4.47 Å². The summed E-state index contributed by atoms with van der Waals surface area (Å²) in [6.07, 6.45) is 0. The van der Waals surface area contributed by atoms with Gasteiger partial charge in [0.2, 0.25) is 0 Å². The third kappa shape index (κ3) is 1.81. The van der Waals surface area contributed by atoms with Crippen LogP contribution in [0, 0.1) is 5.82 Å². The standard InChI is InChI=1S/C8H8BrF2N/c9-8-5(7(12)4-10)2-1-3-6(8)11/h1-3,7H,4,12H2/t7-/m1/s1. The van der Waals surface area contributed by atoms with Crippen LogP contribution >= 0.6 is 15.9 Å². The van der Waals surface area contributed by atoms with Crippen LogP contribution in [0.2, 0.25) is 0 Å². The van der Waals surface area contributed by atoms with Crippen LogP contribution in [0.5, 0.6) is 0 Å². The largest absolute Gasteiger partial charge is 0.322 e. The van der Waals surface area contributed by atoms with Gasteiger partial charge in [0.1, 0.15) is 12.5 Å². The lowest BCUT2D eigenvalue weighted by atomic mass is 10.1. The van der Waals surface area contributed by atoms with Gasteiger partial charge in [-0.25, -0.2) is 8.78 Å². The summed E-state index contributed by atoms with van der Waals surface area (Å²) in [5.41, 5.74) is 5.85. The van der Waals surface area contributed by atoms with E-state index in [9.17, 15) is 8.78 Å². The molecule has 0 fully saturated rings. The van der Waals surface area contributed by atoms with Crippen molar-refractivity contribution in [1.29, 1.82) is 0 Å². The maximum absolute atomic E-state index is 12.9. The van der Waals surface area contributed by atoms with Crippen LogP contribution in [0.3, 0.4) is 0 Å². The molecule has 0 unspecified atom stereocenters. The minimum atomic E-state index is -0.755. The highest BCUT2D eigenvalue weighted by atomic mass is 79.9. The lowest BCUT2D eigenvalue weighted by Gasteiger charge is -2.09. The summed E-state index contributed by atoms with van der Waals surface area (Å²) < 4.78 is 25.2. The summed E-state index contributed by atoms with van der Waals surface area (Å²) >= 11 is 3.00. The number of rotatable bonds is 2. The fourth-order valence-corrected chi connectivity index (χ4v) is 1.45. The molecule has 2 N–H and O–H groups in total. The second-order valence-corrected chi connectivity index (χ2v) is 3.20. The van der Waals surface area contributed by atoms with Crippen LogP contribution in [0.15, 0.2) is 22.7 Å². The lowest BCUT2D eigenvalue weighted by Crippen LogP contribution is -2.13. The highest BCUT2D eigenvalue weighted by molar-refractivity contribution is 9.10. The third-order valence-electron chi connectivity index (χ3n) is 1.55. The van der Waals surface area contributed by atoms with E-state index in [0.717, 1.165) is 0 Å². The lowest BCUT2D eigenvalue weighted by molar-refractivity contribution is 0.435. The van der Waals surface area contributed by atoms with E-state index in [0.29, 0.717) is 5.56 Å². The molecule has 66 valence electrons. The smallest absolute Gasteiger partial charge is 0.137 e. The van der Waals surface area contributed by atoms with Crippen molar-refractivity contribution in [3.05, 3.63) is 34.1 Å². The number of nitrogens with two attached hydrogens (primary N) is 1. The molecule has 1 rings (SSSR count). The minimum Gasteiger partial charge on any atom is -0.322 e. The molecule has 0 radical (unpaired) electrons. The molecule has 0 amide bonds. The van der Waals surface area contributed by atoms with Gasteiger partial charge in [0.25, 0.3) is 0 Å². The normalized spacial score (nSPS) is 13.0. The Kier molecular flexibility index (Phi) is 3.17. The summed E-state index contributed by atoms with van der Waals surface area (Å²) in [7, 11) is 0. The van der Waals surface area contributed by atoms with Gasteiger partial charge in [-0.15, -0.1) is 0 Å². The van der Waals surface area contributed by atoms with E-state index in [1.54, 1.807) is 6.07 Å². The quantitative estimate of drug-likeness (QED) is 0.838. The molecule has 0 aliphatic carbocycles. The van der Waals surface area contributed by atoms with Gasteiger partial charge in [-0.1, -0.05) is 12.1 Å². The first-order valence-corrected chi connectivity index (χ1v) is 4.21. The van der Waals surface area contributed by atoms with Gasteiger partial charge in [-0.05, 0) is 27.6 Å². The molecule has 1 aromatic rings. The average molecular weight is 236 g/mol. The molecule has 0 saturated carbocycles. The third-order valence-corrected chi connectivity index (χ3v) is 2.38. The van der Waals surface area contributed by atoms with Crippen LogP contribution in [-0.4, -0.2) is 6.67 Å². The molecule has 0 aliphatic heterocycles.